The van der Waals surface area contributed by atoms with E-state index < -0.39 is 0 Å². The van der Waals surface area contributed by atoms with Gasteiger partial charge < -0.3 is 15.8 Å². The Morgan fingerprint density at radius 1 is 1.25 bits per heavy atom. The van der Waals surface area contributed by atoms with Crippen LogP contribution in [0.1, 0.15) is 5.56 Å². The topological polar surface area (TPSA) is 88.8 Å². The molecule has 1 aromatic heterocycles. The summed E-state index contributed by atoms with van der Waals surface area (Å²) < 4.78 is 5.98. The van der Waals surface area contributed by atoms with Crippen molar-refractivity contribution in [2.24, 2.45) is 0 Å². The molecule has 1 heterocycles. The summed E-state index contributed by atoms with van der Waals surface area (Å²) in [5.74, 6) is 2.08. The molecule has 0 bridgehead atoms. The first kappa shape index (κ1) is 16.5. The van der Waals surface area contributed by atoms with Gasteiger partial charge in [-0.2, -0.15) is 4.98 Å². The molecule has 3 rings (SSSR count). The number of anilines is 2. The average Bonchev–Trinajstić information content (AvgIpc) is 3.00. The Morgan fingerprint density at radius 3 is 2.71 bits per heavy atom. The third kappa shape index (κ3) is 3.93. The zero-order chi connectivity index (χ0) is 16.9. The predicted octanol–water partition coefficient (Wildman–Crippen LogP) is 4.17. The third-order valence-corrected chi connectivity index (χ3v) is 4.39. The second-order valence-electron chi connectivity index (χ2n) is 4.89. The Morgan fingerprint density at radius 2 is 2.04 bits per heavy atom. The highest BCUT2D eigenvalue weighted by atomic mass is 35.5. The average molecular weight is 362 g/mol. The van der Waals surface area contributed by atoms with Gasteiger partial charge in [-0.3, -0.25) is 0 Å². The van der Waals surface area contributed by atoms with Crippen molar-refractivity contribution in [1.29, 1.82) is 0 Å². The molecular formula is C16H16ClN5OS. The number of benzene rings is 2. The van der Waals surface area contributed by atoms with Crippen molar-refractivity contribution < 1.29 is 4.74 Å². The first-order valence-corrected chi connectivity index (χ1v) is 8.77. The Balaban J connectivity index is 1.78. The minimum atomic E-state index is 0.252. The molecule has 0 unspecified atom stereocenters. The van der Waals surface area contributed by atoms with E-state index in [9.17, 15) is 0 Å². The van der Waals surface area contributed by atoms with Crippen LogP contribution in [0, 0.1) is 0 Å². The van der Waals surface area contributed by atoms with Gasteiger partial charge in [0.2, 0.25) is 11.9 Å². The molecule has 0 saturated heterocycles. The number of nitrogen functional groups attached to an aromatic ring is 1. The van der Waals surface area contributed by atoms with E-state index in [1.807, 2.05) is 48.7 Å². The molecule has 0 aliphatic heterocycles. The first-order chi connectivity index (χ1) is 11.7. The van der Waals surface area contributed by atoms with Crippen LogP contribution in [0.2, 0.25) is 5.02 Å². The number of nitrogens with two attached hydrogens (primary N) is 1. The molecule has 4 N–H and O–H groups in total. The van der Waals surface area contributed by atoms with Crippen LogP contribution >= 0.6 is 23.4 Å². The molecule has 2 aromatic carbocycles. The number of aromatic amines is 1. The lowest BCUT2D eigenvalue weighted by Gasteiger charge is -2.13. The molecule has 0 amide bonds. The first-order valence-electron chi connectivity index (χ1n) is 7.17. The smallest absolute Gasteiger partial charge is 0.243 e. The van der Waals surface area contributed by atoms with Crippen LogP contribution in [-0.4, -0.2) is 21.4 Å². The van der Waals surface area contributed by atoms with Gasteiger partial charge in [-0.15, -0.1) is 16.9 Å². The summed E-state index contributed by atoms with van der Waals surface area (Å²) >= 11 is 8.00. The fourth-order valence-electron chi connectivity index (χ4n) is 2.10. The van der Waals surface area contributed by atoms with Gasteiger partial charge >= 0.3 is 0 Å². The number of hydrogen-bond acceptors (Lipinski definition) is 6. The summed E-state index contributed by atoms with van der Waals surface area (Å²) in [6.07, 6.45) is 2.03. The van der Waals surface area contributed by atoms with Crippen molar-refractivity contribution in [3.8, 4) is 11.5 Å². The minimum Gasteiger partial charge on any atom is -0.457 e. The van der Waals surface area contributed by atoms with Gasteiger partial charge in [0.15, 0.2) is 0 Å². The summed E-state index contributed by atoms with van der Waals surface area (Å²) in [7, 11) is 0. The lowest BCUT2D eigenvalue weighted by atomic mass is 10.2. The van der Waals surface area contributed by atoms with Gasteiger partial charge in [0, 0.05) is 22.0 Å². The number of hydrogen-bond donors (Lipinski definition) is 3. The molecule has 0 atom stereocenters. The summed E-state index contributed by atoms with van der Waals surface area (Å²) in [6.45, 7) is 0.412. The van der Waals surface area contributed by atoms with E-state index in [2.05, 4.69) is 20.5 Å². The quantitative estimate of drug-likeness (QED) is 0.571. The molecule has 24 heavy (non-hydrogen) atoms. The van der Waals surface area contributed by atoms with Crippen LogP contribution in [0.5, 0.6) is 11.5 Å². The van der Waals surface area contributed by atoms with Gasteiger partial charge in [-0.05, 0) is 42.7 Å². The second-order valence-corrected chi connectivity index (χ2v) is 6.18. The van der Waals surface area contributed by atoms with Crippen LogP contribution in [0.4, 0.5) is 11.9 Å². The van der Waals surface area contributed by atoms with Crippen molar-refractivity contribution >= 4 is 35.3 Å². The highest BCUT2D eigenvalue weighted by Crippen LogP contribution is 2.31. The number of ether oxygens (including phenoxy) is 1. The number of H-pyrrole nitrogens is 1. The van der Waals surface area contributed by atoms with Crippen molar-refractivity contribution in [1.82, 2.24) is 15.2 Å². The SMILES string of the molecule is CSc1ccc(Oc2cccc(Cl)c2CNc2n[nH]c(N)n2)cc1. The van der Waals surface area contributed by atoms with Gasteiger partial charge in [-0.25, -0.2) is 5.10 Å². The standard InChI is InChI=1S/C16H16ClN5OS/c1-24-11-7-5-10(6-8-11)23-14-4-2-3-13(17)12(14)9-19-16-20-15(18)21-22-16/h2-8H,9H2,1H3,(H4,18,19,20,21,22). The molecule has 0 aliphatic rings. The summed E-state index contributed by atoms with van der Waals surface area (Å²) in [5.41, 5.74) is 6.33. The zero-order valence-corrected chi connectivity index (χ0v) is 14.5. The molecule has 3 aromatic rings. The number of rotatable bonds is 6. The van der Waals surface area contributed by atoms with Gasteiger partial charge in [0.25, 0.3) is 0 Å². The van der Waals surface area contributed by atoms with Crippen LogP contribution in [0.25, 0.3) is 0 Å². The molecule has 0 aliphatic carbocycles. The van der Waals surface area contributed by atoms with E-state index in [1.54, 1.807) is 11.8 Å². The number of aromatic nitrogens is 3. The molecule has 0 radical (unpaired) electrons. The molecule has 0 saturated carbocycles. The van der Waals surface area contributed by atoms with Gasteiger partial charge in [-0.1, -0.05) is 17.7 Å². The Hall–Kier alpha value is -2.38. The number of nitrogens with one attached hydrogen (secondary N) is 2. The zero-order valence-electron chi connectivity index (χ0n) is 12.9. The molecule has 6 nitrogen and oxygen atoms in total. The van der Waals surface area contributed by atoms with Crippen molar-refractivity contribution in [2.75, 3.05) is 17.3 Å². The lowest BCUT2D eigenvalue weighted by molar-refractivity contribution is 0.476. The molecular weight excluding hydrogens is 346 g/mol. The molecule has 8 heteroatoms. The maximum Gasteiger partial charge on any atom is 0.243 e. The Kier molecular flexibility index (Phi) is 5.12. The number of halogens is 1. The predicted molar refractivity (Wildman–Crippen MR) is 97.9 cm³/mol. The van der Waals surface area contributed by atoms with Crippen LogP contribution in [-0.2, 0) is 6.54 Å². The van der Waals surface area contributed by atoms with E-state index in [0.717, 1.165) is 11.3 Å². The fourth-order valence-corrected chi connectivity index (χ4v) is 2.74. The monoisotopic (exact) mass is 361 g/mol. The third-order valence-electron chi connectivity index (χ3n) is 3.29. The number of nitrogens with zero attached hydrogens (tertiary/aromatic N) is 2. The Bertz CT molecular complexity index is 822. The maximum atomic E-state index is 6.32. The van der Waals surface area contributed by atoms with E-state index in [1.165, 1.54) is 4.90 Å². The Labute approximate surface area is 148 Å². The van der Waals surface area contributed by atoms with Gasteiger partial charge in [0.05, 0.1) is 0 Å². The number of thioether (sulfide) groups is 1. The summed E-state index contributed by atoms with van der Waals surface area (Å²) in [5, 5.41) is 10.2. The van der Waals surface area contributed by atoms with Crippen molar-refractivity contribution in [3.63, 3.8) is 0 Å². The van der Waals surface area contributed by atoms with Crippen LogP contribution in [0.3, 0.4) is 0 Å². The summed E-state index contributed by atoms with van der Waals surface area (Å²) in [4.78, 5) is 5.18. The molecule has 124 valence electrons. The summed E-state index contributed by atoms with van der Waals surface area (Å²) in [6, 6.07) is 13.4. The second kappa shape index (κ2) is 7.46. The van der Waals surface area contributed by atoms with Gasteiger partial charge in [0.1, 0.15) is 11.5 Å². The van der Waals surface area contributed by atoms with Crippen LogP contribution < -0.4 is 15.8 Å². The van der Waals surface area contributed by atoms with E-state index in [-0.39, 0.29) is 5.95 Å². The highest BCUT2D eigenvalue weighted by molar-refractivity contribution is 7.98. The van der Waals surface area contributed by atoms with Crippen LogP contribution in [0.15, 0.2) is 47.4 Å². The van der Waals surface area contributed by atoms with E-state index in [0.29, 0.717) is 23.3 Å². The largest absolute Gasteiger partial charge is 0.457 e. The normalized spacial score (nSPS) is 10.6. The van der Waals surface area contributed by atoms with Crippen molar-refractivity contribution in [3.05, 3.63) is 53.1 Å². The lowest BCUT2D eigenvalue weighted by Crippen LogP contribution is -2.03. The van der Waals surface area contributed by atoms with E-state index >= 15 is 0 Å². The highest BCUT2D eigenvalue weighted by Gasteiger charge is 2.10. The van der Waals surface area contributed by atoms with Crippen molar-refractivity contribution in [2.45, 2.75) is 11.4 Å². The van der Waals surface area contributed by atoms with E-state index in [4.69, 9.17) is 22.1 Å². The fraction of sp³-hybridized carbons (Fsp3) is 0.125. The molecule has 0 fully saturated rings. The maximum absolute atomic E-state index is 6.32. The molecule has 0 spiro atoms. The minimum absolute atomic E-state index is 0.252.